The Morgan fingerprint density at radius 1 is 1.11 bits per heavy atom. The molecule has 1 rings (SSSR count). The molecule has 0 radical (unpaired) electrons. The molecule has 0 bridgehead atoms. The Hall–Kier alpha value is -1.36. The van der Waals surface area contributed by atoms with E-state index in [9.17, 15) is 9.59 Å². The summed E-state index contributed by atoms with van der Waals surface area (Å²) in [5.41, 5.74) is 1.81. The number of aryl methyl sites for hydroxylation is 1. The van der Waals surface area contributed by atoms with Gasteiger partial charge in [-0.05, 0) is 29.7 Å². The Morgan fingerprint density at radius 3 is 2.39 bits per heavy atom. The molecule has 0 N–H and O–H groups in total. The fourth-order valence-electron chi connectivity index (χ4n) is 1.57. The number of carbonyl (C=O) groups excluding carboxylic acids is 2. The molecular weight excluding hydrogens is 300 g/mol. The van der Waals surface area contributed by atoms with Crippen LogP contribution in [0.15, 0.2) is 22.7 Å². The molecule has 1 aromatic rings. The van der Waals surface area contributed by atoms with Crippen molar-refractivity contribution in [3.05, 3.63) is 33.8 Å². The van der Waals surface area contributed by atoms with Crippen LogP contribution in [-0.4, -0.2) is 26.2 Å². The molecule has 98 valence electrons. The van der Waals surface area contributed by atoms with Crippen molar-refractivity contribution in [2.45, 2.75) is 19.3 Å². The molecule has 0 saturated heterocycles. The van der Waals surface area contributed by atoms with E-state index in [2.05, 4.69) is 25.4 Å². The van der Waals surface area contributed by atoms with Gasteiger partial charge in [-0.1, -0.05) is 22.0 Å². The maximum absolute atomic E-state index is 11.3. The van der Waals surface area contributed by atoms with Crippen LogP contribution >= 0.6 is 15.9 Å². The van der Waals surface area contributed by atoms with E-state index in [-0.39, 0.29) is 18.4 Å². The van der Waals surface area contributed by atoms with E-state index in [0.717, 1.165) is 15.6 Å². The topological polar surface area (TPSA) is 52.6 Å². The van der Waals surface area contributed by atoms with Crippen LogP contribution in [0.5, 0.6) is 0 Å². The second kappa shape index (κ2) is 7.16. The average molecular weight is 315 g/mol. The first-order valence-corrected chi connectivity index (χ1v) is 6.27. The molecule has 0 saturated carbocycles. The van der Waals surface area contributed by atoms with Gasteiger partial charge in [0.25, 0.3) is 0 Å². The molecule has 0 heterocycles. The van der Waals surface area contributed by atoms with Gasteiger partial charge in [0.1, 0.15) is 0 Å². The van der Waals surface area contributed by atoms with Gasteiger partial charge < -0.3 is 9.47 Å². The quantitative estimate of drug-likeness (QED) is 0.782. The monoisotopic (exact) mass is 314 g/mol. The van der Waals surface area contributed by atoms with Gasteiger partial charge >= 0.3 is 11.9 Å². The summed E-state index contributed by atoms with van der Waals surface area (Å²) >= 11 is 3.36. The van der Waals surface area contributed by atoms with Crippen molar-refractivity contribution in [3.8, 4) is 0 Å². The van der Waals surface area contributed by atoms with Gasteiger partial charge in [0.15, 0.2) is 0 Å². The van der Waals surface area contributed by atoms with E-state index in [0.29, 0.717) is 12.8 Å². The molecule has 0 aromatic heterocycles. The lowest BCUT2D eigenvalue weighted by Crippen LogP contribution is -2.08. The molecular formula is C13H15BrO4. The molecule has 0 unspecified atom stereocenters. The molecule has 4 nitrogen and oxygen atoms in total. The van der Waals surface area contributed by atoms with Crippen LogP contribution in [0, 0.1) is 0 Å². The van der Waals surface area contributed by atoms with E-state index in [1.807, 2.05) is 18.2 Å². The summed E-state index contributed by atoms with van der Waals surface area (Å²) in [4.78, 5) is 22.4. The number of hydrogen-bond acceptors (Lipinski definition) is 4. The number of rotatable bonds is 5. The van der Waals surface area contributed by atoms with E-state index in [1.165, 1.54) is 14.2 Å². The number of ether oxygens (including phenoxy) is 2. The van der Waals surface area contributed by atoms with Crippen LogP contribution in [0.4, 0.5) is 0 Å². The van der Waals surface area contributed by atoms with Crippen LogP contribution in [0.25, 0.3) is 0 Å². The van der Waals surface area contributed by atoms with Crippen molar-refractivity contribution in [2.75, 3.05) is 14.2 Å². The maximum Gasteiger partial charge on any atom is 0.309 e. The number of esters is 2. The van der Waals surface area contributed by atoms with Gasteiger partial charge in [-0.2, -0.15) is 0 Å². The molecule has 0 aliphatic rings. The third-order valence-corrected chi connectivity index (χ3v) is 3.05. The molecule has 0 spiro atoms. The fourth-order valence-corrected chi connectivity index (χ4v) is 1.98. The zero-order chi connectivity index (χ0) is 13.5. The molecule has 0 aliphatic carbocycles. The minimum Gasteiger partial charge on any atom is -0.469 e. The summed E-state index contributed by atoms with van der Waals surface area (Å²) in [7, 11) is 2.72. The Balaban J connectivity index is 2.82. The highest BCUT2D eigenvalue weighted by molar-refractivity contribution is 9.10. The Morgan fingerprint density at radius 2 is 1.78 bits per heavy atom. The molecule has 18 heavy (non-hydrogen) atoms. The molecule has 0 amide bonds. The molecule has 0 aliphatic heterocycles. The molecule has 0 fully saturated rings. The number of methoxy groups -OCH3 is 2. The van der Waals surface area contributed by atoms with Gasteiger partial charge in [0.05, 0.1) is 20.6 Å². The highest BCUT2D eigenvalue weighted by atomic mass is 79.9. The highest BCUT2D eigenvalue weighted by Crippen LogP contribution is 2.19. The predicted octanol–water partition coefficient (Wildman–Crippen LogP) is 2.27. The van der Waals surface area contributed by atoms with E-state index < -0.39 is 0 Å². The fraction of sp³-hybridized carbons (Fsp3) is 0.385. The van der Waals surface area contributed by atoms with Crippen molar-refractivity contribution in [2.24, 2.45) is 0 Å². The van der Waals surface area contributed by atoms with Gasteiger partial charge in [0.2, 0.25) is 0 Å². The first-order valence-electron chi connectivity index (χ1n) is 5.47. The van der Waals surface area contributed by atoms with E-state index >= 15 is 0 Å². The number of hydrogen-bond donors (Lipinski definition) is 0. The second-order valence-corrected chi connectivity index (χ2v) is 4.66. The minimum atomic E-state index is -0.299. The van der Waals surface area contributed by atoms with Gasteiger partial charge in [-0.15, -0.1) is 0 Å². The van der Waals surface area contributed by atoms with Crippen molar-refractivity contribution in [1.82, 2.24) is 0 Å². The lowest BCUT2D eigenvalue weighted by atomic mass is 10.0. The van der Waals surface area contributed by atoms with Crippen molar-refractivity contribution in [3.63, 3.8) is 0 Å². The lowest BCUT2D eigenvalue weighted by molar-refractivity contribution is -0.140. The summed E-state index contributed by atoms with van der Waals surface area (Å²) < 4.78 is 10.1. The van der Waals surface area contributed by atoms with Crippen molar-refractivity contribution < 1.29 is 19.1 Å². The van der Waals surface area contributed by atoms with Crippen LogP contribution in [0.3, 0.4) is 0 Å². The zero-order valence-corrected chi connectivity index (χ0v) is 12.0. The van der Waals surface area contributed by atoms with Gasteiger partial charge in [-0.3, -0.25) is 9.59 Å². The Labute approximate surface area is 114 Å². The van der Waals surface area contributed by atoms with E-state index in [4.69, 9.17) is 0 Å². The maximum atomic E-state index is 11.3. The van der Waals surface area contributed by atoms with Crippen LogP contribution in [-0.2, 0) is 31.9 Å². The second-order valence-electron chi connectivity index (χ2n) is 3.74. The summed E-state index contributed by atoms with van der Waals surface area (Å²) in [6.07, 6.45) is 1.05. The average Bonchev–Trinajstić information content (AvgIpc) is 2.37. The third kappa shape index (κ3) is 4.49. The van der Waals surface area contributed by atoms with Crippen LogP contribution in [0.2, 0.25) is 0 Å². The lowest BCUT2D eigenvalue weighted by Gasteiger charge is -2.09. The smallest absolute Gasteiger partial charge is 0.309 e. The van der Waals surface area contributed by atoms with Crippen LogP contribution in [0.1, 0.15) is 17.5 Å². The van der Waals surface area contributed by atoms with Gasteiger partial charge in [0, 0.05) is 10.9 Å². The number of benzene rings is 1. The molecule has 5 heteroatoms. The van der Waals surface area contributed by atoms with E-state index in [1.54, 1.807) is 0 Å². The SMILES string of the molecule is COC(=O)CCc1ccc(Br)cc1CC(=O)OC. The normalized spacial score (nSPS) is 9.94. The standard InChI is InChI=1S/C13H15BrO4/c1-17-12(15)6-4-9-3-5-11(14)7-10(9)8-13(16)18-2/h3,5,7H,4,6,8H2,1-2H3. The summed E-state index contributed by atoms with van der Waals surface area (Å²) in [6.45, 7) is 0. The highest BCUT2D eigenvalue weighted by Gasteiger charge is 2.10. The summed E-state index contributed by atoms with van der Waals surface area (Å²) in [5, 5.41) is 0. The third-order valence-electron chi connectivity index (χ3n) is 2.56. The van der Waals surface area contributed by atoms with Gasteiger partial charge in [-0.25, -0.2) is 0 Å². The largest absolute Gasteiger partial charge is 0.469 e. The summed E-state index contributed by atoms with van der Waals surface area (Å²) in [6, 6.07) is 5.64. The van der Waals surface area contributed by atoms with Crippen molar-refractivity contribution in [1.29, 1.82) is 0 Å². The molecule has 0 atom stereocenters. The number of carbonyl (C=O) groups is 2. The Bertz CT molecular complexity index is 443. The minimum absolute atomic E-state index is 0.201. The first kappa shape index (κ1) is 14.7. The number of halogens is 1. The Kier molecular flexibility index (Phi) is 5.85. The van der Waals surface area contributed by atoms with Crippen LogP contribution < -0.4 is 0 Å². The molecule has 1 aromatic carbocycles. The van der Waals surface area contributed by atoms with Crippen molar-refractivity contribution >= 4 is 27.9 Å². The summed E-state index contributed by atoms with van der Waals surface area (Å²) in [5.74, 6) is -0.561. The zero-order valence-electron chi connectivity index (χ0n) is 10.4. The first-order chi connectivity index (χ1) is 8.56. The predicted molar refractivity (Wildman–Crippen MR) is 70.2 cm³/mol.